The third kappa shape index (κ3) is 4.73. The molecule has 1 atom stereocenters. The Morgan fingerprint density at radius 1 is 1.05 bits per heavy atom. The third-order valence-corrected chi connectivity index (χ3v) is 3.84. The van der Waals surface area contributed by atoms with Crippen LogP contribution in [0.1, 0.15) is 25.5 Å². The number of rotatable bonds is 5. The Labute approximate surface area is 125 Å². The standard InChI is InChI=1S/C16H24F2N2O/c1-12(2)10-19-5-7-20(8-6-19)11-16(21)14-9-13(17)3-4-15(14)18/h3-4,9,12,16,21H,5-8,10-11H2,1-2H3. The summed E-state index contributed by atoms with van der Waals surface area (Å²) in [5.41, 5.74) is 0.0413. The van der Waals surface area contributed by atoms with Crippen molar-refractivity contribution in [1.82, 2.24) is 9.80 Å². The summed E-state index contributed by atoms with van der Waals surface area (Å²) < 4.78 is 26.8. The van der Waals surface area contributed by atoms with Gasteiger partial charge in [-0.05, 0) is 24.1 Å². The second-order valence-corrected chi connectivity index (χ2v) is 6.18. The molecule has 0 radical (unpaired) electrons. The van der Waals surface area contributed by atoms with Gasteiger partial charge in [-0.1, -0.05) is 13.8 Å². The van der Waals surface area contributed by atoms with Crippen LogP contribution >= 0.6 is 0 Å². The minimum absolute atomic E-state index is 0.0413. The maximum absolute atomic E-state index is 13.6. The third-order valence-electron chi connectivity index (χ3n) is 3.84. The number of aliphatic hydroxyl groups is 1. The van der Waals surface area contributed by atoms with Crippen molar-refractivity contribution in [3.05, 3.63) is 35.4 Å². The van der Waals surface area contributed by atoms with E-state index < -0.39 is 17.7 Å². The number of benzene rings is 1. The molecule has 0 saturated carbocycles. The summed E-state index contributed by atoms with van der Waals surface area (Å²) in [7, 11) is 0. The SMILES string of the molecule is CC(C)CN1CCN(CC(O)c2cc(F)ccc2F)CC1. The van der Waals surface area contributed by atoms with E-state index in [0.29, 0.717) is 12.5 Å². The summed E-state index contributed by atoms with van der Waals surface area (Å²) in [4.78, 5) is 4.50. The highest BCUT2D eigenvalue weighted by atomic mass is 19.1. The van der Waals surface area contributed by atoms with Crippen molar-refractivity contribution in [2.45, 2.75) is 20.0 Å². The first kappa shape index (κ1) is 16.3. The van der Waals surface area contributed by atoms with E-state index in [0.717, 1.165) is 50.9 Å². The number of aliphatic hydroxyl groups excluding tert-OH is 1. The molecule has 1 unspecified atom stereocenters. The lowest BCUT2D eigenvalue weighted by molar-refractivity contribution is 0.0670. The molecule has 1 aromatic rings. The van der Waals surface area contributed by atoms with Crippen LogP contribution in [0, 0.1) is 17.6 Å². The Kier molecular flexibility index (Phi) is 5.67. The molecule has 1 aliphatic heterocycles. The largest absolute Gasteiger partial charge is 0.387 e. The molecular formula is C16H24F2N2O. The second kappa shape index (κ2) is 7.29. The minimum Gasteiger partial charge on any atom is -0.387 e. The maximum Gasteiger partial charge on any atom is 0.129 e. The number of nitrogens with zero attached hydrogens (tertiary/aromatic N) is 2. The zero-order valence-corrected chi connectivity index (χ0v) is 12.7. The fourth-order valence-corrected chi connectivity index (χ4v) is 2.78. The van der Waals surface area contributed by atoms with Gasteiger partial charge in [-0.15, -0.1) is 0 Å². The normalized spacial score (nSPS) is 19.1. The topological polar surface area (TPSA) is 26.7 Å². The predicted molar refractivity (Wildman–Crippen MR) is 79.0 cm³/mol. The molecule has 2 rings (SSSR count). The molecule has 1 aromatic carbocycles. The monoisotopic (exact) mass is 298 g/mol. The van der Waals surface area contributed by atoms with E-state index in [2.05, 4.69) is 23.6 Å². The van der Waals surface area contributed by atoms with Crippen molar-refractivity contribution >= 4 is 0 Å². The van der Waals surface area contributed by atoms with Crippen molar-refractivity contribution in [3.63, 3.8) is 0 Å². The Morgan fingerprint density at radius 2 is 1.62 bits per heavy atom. The molecule has 5 heteroatoms. The molecule has 1 fully saturated rings. The van der Waals surface area contributed by atoms with Gasteiger partial charge in [0, 0.05) is 44.8 Å². The van der Waals surface area contributed by atoms with E-state index >= 15 is 0 Å². The van der Waals surface area contributed by atoms with Crippen LogP contribution in [0.3, 0.4) is 0 Å². The molecule has 1 aliphatic rings. The van der Waals surface area contributed by atoms with Gasteiger partial charge in [-0.3, -0.25) is 4.90 Å². The minimum atomic E-state index is -0.989. The Hall–Kier alpha value is -1.04. The van der Waals surface area contributed by atoms with Crippen LogP contribution in [0.2, 0.25) is 0 Å². The van der Waals surface area contributed by atoms with Gasteiger partial charge in [-0.2, -0.15) is 0 Å². The summed E-state index contributed by atoms with van der Waals surface area (Å²) >= 11 is 0. The average Bonchev–Trinajstić information content (AvgIpc) is 2.43. The van der Waals surface area contributed by atoms with Crippen LogP contribution in [-0.4, -0.2) is 54.2 Å². The molecule has 118 valence electrons. The number of β-amino-alcohol motifs (C(OH)–C–C–N with tert-alkyl or cyclic N) is 1. The summed E-state index contributed by atoms with van der Waals surface area (Å²) in [5, 5.41) is 10.1. The summed E-state index contributed by atoms with van der Waals surface area (Å²) in [6.07, 6.45) is -0.989. The van der Waals surface area contributed by atoms with Gasteiger partial charge >= 0.3 is 0 Å². The number of piperazine rings is 1. The van der Waals surface area contributed by atoms with Crippen molar-refractivity contribution in [3.8, 4) is 0 Å². The predicted octanol–water partition coefficient (Wildman–Crippen LogP) is 2.27. The molecule has 1 heterocycles. The van der Waals surface area contributed by atoms with Gasteiger partial charge in [0.2, 0.25) is 0 Å². The van der Waals surface area contributed by atoms with Crippen molar-refractivity contribution in [1.29, 1.82) is 0 Å². The van der Waals surface area contributed by atoms with Crippen LogP contribution in [0.5, 0.6) is 0 Å². The zero-order valence-electron chi connectivity index (χ0n) is 12.7. The van der Waals surface area contributed by atoms with Crippen LogP contribution in [0.25, 0.3) is 0 Å². The fraction of sp³-hybridized carbons (Fsp3) is 0.625. The van der Waals surface area contributed by atoms with Crippen molar-refractivity contribution < 1.29 is 13.9 Å². The van der Waals surface area contributed by atoms with Crippen molar-refractivity contribution in [2.75, 3.05) is 39.3 Å². The molecule has 21 heavy (non-hydrogen) atoms. The lowest BCUT2D eigenvalue weighted by Gasteiger charge is -2.36. The number of halogens is 2. The van der Waals surface area contributed by atoms with E-state index in [-0.39, 0.29) is 5.56 Å². The Balaban J connectivity index is 1.87. The molecule has 1 saturated heterocycles. The molecule has 0 bridgehead atoms. The first-order valence-electron chi connectivity index (χ1n) is 7.53. The van der Waals surface area contributed by atoms with E-state index in [9.17, 15) is 13.9 Å². The molecule has 0 aliphatic carbocycles. The van der Waals surface area contributed by atoms with E-state index in [1.807, 2.05) is 0 Å². The van der Waals surface area contributed by atoms with E-state index in [1.54, 1.807) is 0 Å². The molecule has 0 amide bonds. The smallest absolute Gasteiger partial charge is 0.129 e. The second-order valence-electron chi connectivity index (χ2n) is 6.18. The molecule has 1 N–H and O–H groups in total. The number of hydrogen-bond acceptors (Lipinski definition) is 3. The Bertz CT molecular complexity index is 460. The Morgan fingerprint density at radius 3 is 2.19 bits per heavy atom. The van der Waals surface area contributed by atoms with Gasteiger partial charge < -0.3 is 10.0 Å². The van der Waals surface area contributed by atoms with E-state index in [1.165, 1.54) is 0 Å². The van der Waals surface area contributed by atoms with Crippen LogP contribution < -0.4 is 0 Å². The lowest BCUT2D eigenvalue weighted by atomic mass is 10.1. The first-order valence-corrected chi connectivity index (χ1v) is 7.53. The van der Waals surface area contributed by atoms with Gasteiger partial charge in [0.25, 0.3) is 0 Å². The van der Waals surface area contributed by atoms with Gasteiger partial charge in [0.15, 0.2) is 0 Å². The zero-order chi connectivity index (χ0) is 15.4. The highest BCUT2D eigenvalue weighted by molar-refractivity contribution is 5.21. The first-order chi connectivity index (χ1) is 9.95. The quantitative estimate of drug-likeness (QED) is 0.903. The summed E-state index contributed by atoms with van der Waals surface area (Å²) in [5.74, 6) is -0.432. The summed E-state index contributed by atoms with van der Waals surface area (Å²) in [6.45, 7) is 9.42. The molecule has 0 aromatic heterocycles. The molecule has 3 nitrogen and oxygen atoms in total. The fourth-order valence-electron chi connectivity index (χ4n) is 2.78. The molecular weight excluding hydrogens is 274 g/mol. The molecule has 0 spiro atoms. The van der Waals surface area contributed by atoms with E-state index in [4.69, 9.17) is 0 Å². The van der Waals surface area contributed by atoms with Crippen LogP contribution in [-0.2, 0) is 0 Å². The lowest BCUT2D eigenvalue weighted by Crippen LogP contribution is -2.48. The number of hydrogen-bond donors (Lipinski definition) is 1. The highest BCUT2D eigenvalue weighted by Gasteiger charge is 2.22. The highest BCUT2D eigenvalue weighted by Crippen LogP contribution is 2.20. The van der Waals surface area contributed by atoms with Gasteiger partial charge in [0.1, 0.15) is 11.6 Å². The summed E-state index contributed by atoms with van der Waals surface area (Å²) in [6, 6.07) is 3.21. The van der Waals surface area contributed by atoms with Crippen LogP contribution in [0.15, 0.2) is 18.2 Å². The van der Waals surface area contributed by atoms with Crippen molar-refractivity contribution in [2.24, 2.45) is 5.92 Å². The van der Waals surface area contributed by atoms with Gasteiger partial charge in [-0.25, -0.2) is 8.78 Å². The van der Waals surface area contributed by atoms with Crippen LogP contribution in [0.4, 0.5) is 8.78 Å². The average molecular weight is 298 g/mol. The maximum atomic E-state index is 13.6. The van der Waals surface area contributed by atoms with Gasteiger partial charge in [0.05, 0.1) is 6.10 Å².